The molecule has 0 saturated heterocycles. The Morgan fingerprint density at radius 2 is 1.57 bits per heavy atom. The van der Waals surface area contributed by atoms with E-state index >= 15 is 0 Å². The number of ether oxygens (including phenoxy) is 1. The molecule has 2 aromatic carbocycles. The van der Waals surface area contributed by atoms with Gasteiger partial charge in [-0.3, -0.25) is 4.79 Å². The number of benzene rings is 2. The van der Waals surface area contributed by atoms with Crippen LogP contribution in [0.4, 0.5) is 0 Å². The van der Waals surface area contributed by atoms with Crippen molar-refractivity contribution in [1.29, 1.82) is 0 Å². The predicted molar refractivity (Wildman–Crippen MR) is 93.7 cm³/mol. The zero-order valence-corrected chi connectivity index (χ0v) is 14.3. The Kier molecular flexibility index (Phi) is 5.80. The quantitative estimate of drug-likeness (QED) is 0.791. The summed E-state index contributed by atoms with van der Waals surface area (Å²) in [5.74, 6) is 1.18. The van der Waals surface area contributed by atoms with Crippen molar-refractivity contribution in [3.8, 4) is 5.75 Å². The van der Waals surface area contributed by atoms with E-state index in [-0.39, 0.29) is 18.6 Å². The average Bonchev–Trinajstić information content (AvgIpc) is 2.59. The first-order chi connectivity index (χ1) is 11.0. The summed E-state index contributed by atoms with van der Waals surface area (Å²) >= 11 is 0. The number of carbonyl (C=O) groups is 1. The van der Waals surface area contributed by atoms with Crippen molar-refractivity contribution in [3.63, 3.8) is 0 Å². The van der Waals surface area contributed by atoms with E-state index in [0.717, 1.165) is 11.3 Å². The van der Waals surface area contributed by atoms with Gasteiger partial charge in [0, 0.05) is 7.05 Å². The lowest BCUT2D eigenvalue weighted by Gasteiger charge is -2.25. The zero-order valence-electron chi connectivity index (χ0n) is 14.3. The second kappa shape index (κ2) is 7.82. The highest BCUT2D eigenvalue weighted by atomic mass is 16.5. The van der Waals surface area contributed by atoms with Crippen molar-refractivity contribution in [2.75, 3.05) is 13.7 Å². The standard InChI is InChI=1S/C20H25NO2/c1-15(2)17-10-12-19(13-11-17)23-14-20(22)21(4)16(3)18-8-6-5-7-9-18/h5-13,15-16H,14H2,1-4H3. The summed E-state index contributed by atoms with van der Waals surface area (Å²) in [5.41, 5.74) is 2.38. The largest absolute Gasteiger partial charge is 0.484 e. The molecule has 0 aliphatic carbocycles. The minimum Gasteiger partial charge on any atom is -0.484 e. The van der Waals surface area contributed by atoms with Crippen LogP contribution in [0, 0.1) is 0 Å². The molecule has 23 heavy (non-hydrogen) atoms. The third-order valence-corrected chi connectivity index (χ3v) is 4.17. The van der Waals surface area contributed by atoms with Crippen LogP contribution < -0.4 is 4.74 Å². The van der Waals surface area contributed by atoms with Gasteiger partial charge in [0.05, 0.1) is 6.04 Å². The molecular formula is C20H25NO2. The topological polar surface area (TPSA) is 29.5 Å². The minimum absolute atomic E-state index is 0.0237. The molecule has 3 heteroatoms. The Hall–Kier alpha value is -2.29. The molecule has 0 aliphatic heterocycles. The summed E-state index contributed by atoms with van der Waals surface area (Å²) in [6, 6.07) is 17.9. The van der Waals surface area contributed by atoms with Gasteiger partial charge in [-0.05, 0) is 36.1 Å². The van der Waals surface area contributed by atoms with Gasteiger partial charge in [0.1, 0.15) is 5.75 Å². The van der Waals surface area contributed by atoms with Crippen molar-refractivity contribution in [2.45, 2.75) is 32.7 Å². The first-order valence-corrected chi connectivity index (χ1v) is 8.02. The van der Waals surface area contributed by atoms with E-state index < -0.39 is 0 Å². The molecule has 0 saturated carbocycles. The maximum atomic E-state index is 12.3. The Labute approximate surface area is 138 Å². The molecule has 0 bridgehead atoms. The molecule has 0 heterocycles. The molecule has 1 atom stereocenters. The first kappa shape index (κ1) is 17.1. The Morgan fingerprint density at radius 3 is 2.13 bits per heavy atom. The van der Waals surface area contributed by atoms with Gasteiger partial charge in [0.25, 0.3) is 5.91 Å². The number of amides is 1. The lowest BCUT2D eigenvalue weighted by Crippen LogP contribution is -2.33. The lowest BCUT2D eigenvalue weighted by molar-refractivity contribution is -0.134. The van der Waals surface area contributed by atoms with Gasteiger partial charge < -0.3 is 9.64 Å². The number of hydrogen-bond acceptors (Lipinski definition) is 2. The molecule has 1 unspecified atom stereocenters. The second-order valence-electron chi connectivity index (χ2n) is 6.10. The number of hydrogen-bond donors (Lipinski definition) is 0. The molecule has 2 aromatic rings. The Morgan fingerprint density at radius 1 is 0.957 bits per heavy atom. The summed E-state index contributed by atoms with van der Waals surface area (Å²) in [4.78, 5) is 14.0. The third-order valence-electron chi connectivity index (χ3n) is 4.17. The summed E-state index contributed by atoms with van der Waals surface area (Å²) in [6.45, 7) is 6.37. The summed E-state index contributed by atoms with van der Waals surface area (Å²) in [7, 11) is 1.81. The molecule has 0 spiro atoms. The molecule has 122 valence electrons. The van der Waals surface area contributed by atoms with Crippen LogP contribution in [0.2, 0.25) is 0 Å². The van der Waals surface area contributed by atoms with E-state index in [1.165, 1.54) is 5.56 Å². The van der Waals surface area contributed by atoms with E-state index in [1.807, 2.05) is 68.6 Å². The molecule has 0 aliphatic rings. The maximum absolute atomic E-state index is 12.3. The monoisotopic (exact) mass is 311 g/mol. The maximum Gasteiger partial charge on any atom is 0.260 e. The van der Waals surface area contributed by atoms with Crippen LogP contribution in [0.25, 0.3) is 0 Å². The molecule has 0 fully saturated rings. The fourth-order valence-electron chi connectivity index (χ4n) is 2.37. The third kappa shape index (κ3) is 4.59. The average molecular weight is 311 g/mol. The van der Waals surface area contributed by atoms with Gasteiger partial charge in [-0.2, -0.15) is 0 Å². The van der Waals surface area contributed by atoms with Crippen molar-refractivity contribution >= 4 is 5.91 Å². The van der Waals surface area contributed by atoms with Gasteiger partial charge >= 0.3 is 0 Å². The highest BCUT2D eigenvalue weighted by Gasteiger charge is 2.17. The predicted octanol–water partition coefficient (Wildman–Crippen LogP) is 4.41. The molecule has 1 amide bonds. The number of nitrogens with zero attached hydrogens (tertiary/aromatic N) is 1. The highest BCUT2D eigenvalue weighted by molar-refractivity contribution is 5.78. The van der Waals surface area contributed by atoms with E-state index in [9.17, 15) is 4.79 Å². The van der Waals surface area contributed by atoms with Crippen LogP contribution in [-0.2, 0) is 4.79 Å². The summed E-state index contributed by atoms with van der Waals surface area (Å²) in [6.07, 6.45) is 0. The molecule has 0 radical (unpaired) electrons. The summed E-state index contributed by atoms with van der Waals surface area (Å²) in [5, 5.41) is 0. The Balaban J connectivity index is 1.91. The smallest absolute Gasteiger partial charge is 0.260 e. The van der Waals surface area contributed by atoms with Crippen LogP contribution in [0.3, 0.4) is 0 Å². The number of rotatable bonds is 6. The number of carbonyl (C=O) groups excluding carboxylic acids is 1. The molecular weight excluding hydrogens is 286 g/mol. The molecule has 2 rings (SSSR count). The van der Waals surface area contributed by atoms with Crippen LogP contribution in [0.1, 0.15) is 43.9 Å². The van der Waals surface area contributed by atoms with Crippen molar-refractivity contribution < 1.29 is 9.53 Å². The number of likely N-dealkylation sites (N-methyl/N-ethyl adjacent to an activating group) is 1. The molecule has 0 aromatic heterocycles. The van der Waals surface area contributed by atoms with Crippen molar-refractivity contribution in [2.24, 2.45) is 0 Å². The van der Waals surface area contributed by atoms with Gasteiger partial charge in [0.15, 0.2) is 6.61 Å². The van der Waals surface area contributed by atoms with Crippen LogP contribution >= 0.6 is 0 Å². The van der Waals surface area contributed by atoms with Gasteiger partial charge in [-0.1, -0.05) is 56.3 Å². The summed E-state index contributed by atoms with van der Waals surface area (Å²) < 4.78 is 5.62. The van der Waals surface area contributed by atoms with E-state index in [4.69, 9.17) is 4.74 Å². The van der Waals surface area contributed by atoms with Crippen LogP contribution in [0.15, 0.2) is 54.6 Å². The lowest BCUT2D eigenvalue weighted by atomic mass is 10.0. The molecule has 3 nitrogen and oxygen atoms in total. The van der Waals surface area contributed by atoms with E-state index in [0.29, 0.717) is 5.92 Å². The normalized spacial score (nSPS) is 12.0. The Bertz CT molecular complexity index is 620. The van der Waals surface area contributed by atoms with Crippen LogP contribution in [-0.4, -0.2) is 24.5 Å². The first-order valence-electron chi connectivity index (χ1n) is 8.02. The van der Waals surface area contributed by atoms with E-state index in [1.54, 1.807) is 4.90 Å². The SMILES string of the molecule is CC(C)c1ccc(OCC(=O)N(C)C(C)c2ccccc2)cc1. The van der Waals surface area contributed by atoms with Gasteiger partial charge in [0.2, 0.25) is 0 Å². The second-order valence-corrected chi connectivity index (χ2v) is 6.10. The minimum atomic E-state index is -0.0331. The van der Waals surface area contributed by atoms with Crippen molar-refractivity contribution in [3.05, 3.63) is 65.7 Å². The van der Waals surface area contributed by atoms with Gasteiger partial charge in [-0.15, -0.1) is 0 Å². The van der Waals surface area contributed by atoms with Crippen molar-refractivity contribution in [1.82, 2.24) is 4.90 Å². The van der Waals surface area contributed by atoms with Crippen LogP contribution in [0.5, 0.6) is 5.75 Å². The van der Waals surface area contributed by atoms with E-state index in [2.05, 4.69) is 13.8 Å². The molecule has 0 N–H and O–H groups in total. The fourth-order valence-corrected chi connectivity index (χ4v) is 2.37. The highest BCUT2D eigenvalue weighted by Crippen LogP contribution is 2.20. The zero-order chi connectivity index (χ0) is 16.8. The van der Waals surface area contributed by atoms with Gasteiger partial charge in [-0.25, -0.2) is 0 Å². The fraction of sp³-hybridized carbons (Fsp3) is 0.350.